The number of carbonyl (C=O) groups is 1. The lowest BCUT2D eigenvalue weighted by Gasteiger charge is -2.05. The maximum Gasteiger partial charge on any atom is 0.169 e. The number of halogens is 1. The summed E-state index contributed by atoms with van der Waals surface area (Å²) < 4.78 is 5.65. The monoisotopic (exact) mass is 254 g/mol. The van der Waals surface area contributed by atoms with E-state index < -0.39 is 0 Å². The van der Waals surface area contributed by atoms with Crippen molar-refractivity contribution in [2.24, 2.45) is 5.92 Å². The van der Waals surface area contributed by atoms with Crippen LogP contribution in [0.25, 0.3) is 0 Å². The van der Waals surface area contributed by atoms with E-state index in [4.69, 9.17) is 4.42 Å². The van der Waals surface area contributed by atoms with E-state index in [9.17, 15) is 4.79 Å². The van der Waals surface area contributed by atoms with Gasteiger partial charge in [-0.05, 0) is 34.7 Å². The second kappa shape index (κ2) is 4.13. The van der Waals surface area contributed by atoms with Crippen molar-refractivity contribution in [2.45, 2.75) is 19.3 Å². The molecule has 0 unspecified atom stereocenters. The summed E-state index contributed by atoms with van der Waals surface area (Å²) in [4.78, 5) is 11.7. The molecule has 1 aromatic rings. The zero-order valence-corrected chi connectivity index (χ0v) is 9.29. The van der Waals surface area contributed by atoms with Crippen LogP contribution in [0.15, 0.2) is 33.6 Å². The van der Waals surface area contributed by atoms with Crippen LogP contribution in [0.1, 0.15) is 29.6 Å². The van der Waals surface area contributed by atoms with Crippen molar-refractivity contribution in [2.75, 3.05) is 0 Å². The van der Waals surface area contributed by atoms with Crippen LogP contribution in [-0.2, 0) is 0 Å². The van der Waals surface area contributed by atoms with Gasteiger partial charge in [-0.3, -0.25) is 4.79 Å². The maximum atomic E-state index is 11.7. The quantitative estimate of drug-likeness (QED) is 0.610. The minimum Gasteiger partial charge on any atom is -0.457 e. The van der Waals surface area contributed by atoms with Crippen molar-refractivity contribution in [1.29, 1.82) is 0 Å². The molecule has 1 aliphatic carbocycles. The van der Waals surface area contributed by atoms with E-state index in [0.29, 0.717) is 22.6 Å². The number of rotatable bonds is 3. The Kier molecular flexibility index (Phi) is 2.87. The number of allylic oxidation sites excluding steroid dienone is 2. The third-order valence-corrected chi connectivity index (χ3v) is 2.88. The van der Waals surface area contributed by atoms with Gasteiger partial charge in [0.05, 0.1) is 5.56 Å². The SMILES string of the molecule is O=C(CC1CC=CC1)c1coc(Br)c1. The van der Waals surface area contributed by atoms with E-state index in [1.54, 1.807) is 6.07 Å². The largest absolute Gasteiger partial charge is 0.457 e. The summed E-state index contributed by atoms with van der Waals surface area (Å²) in [5.41, 5.74) is 0.670. The molecule has 0 bridgehead atoms. The lowest BCUT2D eigenvalue weighted by Crippen LogP contribution is -2.04. The van der Waals surface area contributed by atoms with E-state index >= 15 is 0 Å². The van der Waals surface area contributed by atoms with Gasteiger partial charge in [0.1, 0.15) is 6.26 Å². The van der Waals surface area contributed by atoms with Crippen molar-refractivity contribution < 1.29 is 9.21 Å². The Labute approximate surface area is 91.1 Å². The average Bonchev–Trinajstić information content (AvgIpc) is 2.75. The van der Waals surface area contributed by atoms with E-state index in [1.807, 2.05) is 0 Å². The molecule has 3 heteroatoms. The molecular weight excluding hydrogens is 244 g/mol. The molecule has 0 N–H and O–H groups in total. The number of Topliss-reactive ketones (excluding diaryl/α,β-unsaturated/α-hetero) is 1. The number of carbonyl (C=O) groups excluding carboxylic acids is 1. The van der Waals surface area contributed by atoms with Crippen LogP contribution >= 0.6 is 15.9 Å². The molecule has 0 aliphatic heterocycles. The fourth-order valence-corrected chi connectivity index (χ4v) is 2.02. The van der Waals surface area contributed by atoms with Crippen molar-refractivity contribution in [3.05, 3.63) is 34.7 Å². The highest BCUT2D eigenvalue weighted by Gasteiger charge is 2.17. The molecular formula is C11H11BrO2. The van der Waals surface area contributed by atoms with Crippen LogP contribution in [0, 0.1) is 5.92 Å². The molecule has 0 fully saturated rings. The number of furan rings is 1. The van der Waals surface area contributed by atoms with Crippen LogP contribution in [0.3, 0.4) is 0 Å². The average molecular weight is 255 g/mol. The number of hydrogen-bond acceptors (Lipinski definition) is 2. The van der Waals surface area contributed by atoms with Crippen LogP contribution < -0.4 is 0 Å². The van der Waals surface area contributed by atoms with Gasteiger partial charge in [0.2, 0.25) is 0 Å². The smallest absolute Gasteiger partial charge is 0.169 e. The number of hydrogen-bond donors (Lipinski definition) is 0. The molecule has 1 aliphatic rings. The third kappa shape index (κ3) is 2.15. The van der Waals surface area contributed by atoms with E-state index in [2.05, 4.69) is 28.1 Å². The topological polar surface area (TPSA) is 30.2 Å². The highest BCUT2D eigenvalue weighted by molar-refractivity contribution is 9.10. The zero-order chi connectivity index (χ0) is 9.97. The minimum atomic E-state index is 0.174. The first kappa shape index (κ1) is 9.71. The molecule has 1 heterocycles. The highest BCUT2D eigenvalue weighted by Crippen LogP contribution is 2.24. The molecule has 0 radical (unpaired) electrons. The predicted molar refractivity (Wildman–Crippen MR) is 57.2 cm³/mol. The Morgan fingerprint density at radius 2 is 2.21 bits per heavy atom. The van der Waals surface area contributed by atoms with Crippen LogP contribution in [-0.4, -0.2) is 5.78 Å². The lowest BCUT2D eigenvalue weighted by atomic mass is 9.98. The molecule has 0 saturated carbocycles. The van der Waals surface area contributed by atoms with Gasteiger partial charge in [-0.25, -0.2) is 0 Å². The van der Waals surface area contributed by atoms with Crippen LogP contribution in [0.2, 0.25) is 0 Å². The van der Waals surface area contributed by atoms with Crippen LogP contribution in [0.5, 0.6) is 0 Å². The van der Waals surface area contributed by atoms with Gasteiger partial charge < -0.3 is 4.42 Å². The van der Waals surface area contributed by atoms with Crippen molar-refractivity contribution in [3.8, 4) is 0 Å². The van der Waals surface area contributed by atoms with Gasteiger partial charge in [-0.2, -0.15) is 0 Å². The predicted octanol–water partition coefficient (Wildman–Crippen LogP) is 3.58. The summed E-state index contributed by atoms with van der Waals surface area (Å²) in [5.74, 6) is 0.671. The van der Waals surface area contributed by atoms with Gasteiger partial charge in [0, 0.05) is 12.5 Å². The molecule has 0 aromatic carbocycles. The maximum absolute atomic E-state index is 11.7. The van der Waals surface area contributed by atoms with Crippen molar-refractivity contribution in [3.63, 3.8) is 0 Å². The molecule has 74 valence electrons. The Hall–Kier alpha value is -0.830. The second-order valence-corrected chi connectivity index (χ2v) is 4.36. The molecule has 2 nitrogen and oxygen atoms in total. The zero-order valence-electron chi connectivity index (χ0n) is 7.70. The first-order chi connectivity index (χ1) is 6.75. The van der Waals surface area contributed by atoms with E-state index in [-0.39, 0.29) is 5.78 Å². The second-order valence-electron chi connectivity index (χ2n) is 3.58. The summed E-state index contributed by atoms with van der Waals surface area (Å²) in [5, 5.41) is 0. The van der Waals surface area contributed by atoms with Gasteiger partial charge >= 0.3 is 0 Å². The summed E-state index contributed by atoms with van der Waals surface area (Å²) in [6, 6.07) is 1.73. The normalized spacial score (nSPS) is 16.4. The first-order valence-electron chi connectivity index (χ1n) is 4.68. The Bertz CT molecular complexity index is 357. The summed E-state index contributed by atoms with van der Waals surface area (Å²) in [6.07, 6.45) is 8.48. The standard InChI is InChI=1S/C11H11BrO2/c12-11-6-9(7-14-11)10(13)5-8-3-1-2-4-8/h1-2,6-8H,3-5H2. The van der Waals surface area contributed by atoms with Gasteiger partial charge in [0.15, 0.2) is 10.5 Å². The Morgan fingerprint density at radius 1 is 1.50 bits per heavy atom. The number of ketones is 1. The molecule has 1 aromatic heterocycles. The van der Waals surface area contributed by atoms with E-state index in [1.165, 1.54) is 6.26 Å². The molecule has 14 heavy (non-hydrogen) atoms. The molecule has 0 atom stereocenters. The van der Waals surface area contributed by atoms with E-state index in [0.717, 1.165) is 12.8 Å². The fourth-order valence-electron chi connectivity index (χ4n) is 1.68. The molecule has 0 saturated heterocycles. The minimum absolute atomic E-state index is 0.174. The fraction of sp³-hybridized carbons (Fsp3) is 0.364. The molecule has 2 rings (SSSR count). The first-order valence-corrected chi connectivity index (χ1v) is 5.47. The molecule has 0 amide bonds. The molecule has 0 spiro atoms. The third-order valence-electron chi connectivity index (χ3n) is 2.47. The highest BCUT2D eigenvalue weighted by atomic mass is 79.9. The summed E-state index contributed by atoms with van der Waals surface area (Å²) in [7, 11) is 0. The van der Waals surface area contributed by atoms with Gasteiger partial charge in [-0.1, -0.05) is 12.2 Å². The van der Waals surface area contributed by atoms with Crippen LogP contribution in [0.4, 0.5) is 0 Å². The summed E-state index contributed by atoms with van der Waals surface area (Å²) in [6.45, 7) is 0. The lowest BCUT2D eigenvalue weighted by molar-refractivity contribution is 0.0963. The Balaban J connectivity index is 1.95. The Morgan fingerprint density at radius 3 is 2.79 bits per heavy atom. The van der Waals surface area contributed by atoms with Crippen molar-refractivity contribution >= 4 is 21.7 Å². The van der Waals surface area contributed by atoms with Crippen molar-refractivity contribution in [1.82, 2.24) is 0 Å². The van der Waals surface area contributed by atoms with Gasteiger partial charge in [-0.15, -0.1) is 0 Å². The summed E-state index contributed by atoms with van der Waals surface area (Å²) >= 11 is 3.18. The van der Waals surface area contributed by atoms with Gasteiger partial charge in [0.25, 0.3) is 0 Å².